The predicted octanol–water partition coefficient (Wildman–Crippen LogP) is 5.15. The van der Waals surface area contributed by atoms with Gasteiger partial charge in [-0.25, -0.2) is 15.0 Å². The van der Waals surface area contributed by atoms with E-state index in [1.807, 2.05) is 55.5 Å². The van der Waals surface area contributed by atoms with E-state index in [-0.39, 0.29) is 0 Å². The number of aromatic nitrogens is 4. The third-order valence-electron chi connectivity index (χ3n) is 4.82. The Morgan fingerprint density at radius 2 is 1.90 bits per heavy atom. The van der Waals surface area contributed by atoms with Crippen LogP contribution in [0.25, 0.3) is 33.4 Å². The van der Waals surface area contributed by atoms with Gasteiger partial charge in [0.2, 0.25) is 0 Å². The quantitative estimate of drug-likeness (QED) is 0.439. The highest BCUT2D eigenvalue weighted by Gasteiger charge is 2.12. The number of nitrogens with zero attached hydrogens (tertiary/aromatic N) is 4. The Balaban J connectivity index is 1.64. The van der Waals surface area contributed by atoms with Gasteiger partial charge in [-0.1, -0.05) is 6.92 Å². The van der Waals surface area contributed by atoms with Crippen LogP contribution in [-0.4, -0.2) is 27.0 Å². The summed E-state index contributed by atoms with van der Waals surface area (Å²) < 4.78 is 11.2. The molecule has 0 fully saturated rings. The fourth-order valence-electron chi connectivity index (χ4n) is 3.29. The highest BCUT2D eigenvalue weighted by atomic mass is 16.5. The van der Waals surface area contributed by atoms with Crippen LogP contribution in [0.1, 0.15) is 12.8 Å². The molecule has 5 aromatic rings. The first-order chi connectivity index (χ1) is 14.7. The SMILES string of the molecule is CCc1nc2ccc(Nc3nc(-c4cccnc4)nc4ccc(OC)cc34)cc2o1. The summed E-state index contributed by atoms with van der Waals surface area (Å²) in [4.78, 5) is 18.1. The van der Waals surface area contributed by atoms with E-state index in [2.05, 4.69) is 15.3 Å². The second-order valence-electron chi connectivity index (χ2n) is 6.79. The van der Waals surface area contributed by atoms with Crippen LogP contribution in [-0.2, 0) is 6.42 Å². The van der Waals surface area contributed by atoms with Crippen molar-refractivity contribution in [1.82, 2.24) is 19.9 Å². The number of fused-ring (bicyclic) bond motifs is 2. The summed E-state index contributed by atoms with van der Waals surface area (Å²) in [6.45, 7) is 2.02. The van der Waals surface area contributed by atoms with E-state index in [4.69, 9.17) is 19.1 Å². The molecule has 5 rings (SSSR count). The predicted molar refractivity (Wildman–Crippen MR) is 116 cm³/mol. The Hall–Kier alpha value is -4.00. The third-order valence-corrected chi connectivity index (χ3v) is 4.82. The minimum atomic E-state index is 0.595. The Kier molecular flexibility index (Phi) is 4.48. The van der Waals surface area contributed by atoms with E-state index < -0.39 is 0 Å². The second-order valence-corrected chi connectivity index (χ2v) is 6.79. The van der Waals surface area contributed by atoms with Crippen molar-refractivity contribution in [3.8, 4) is 17.1 Å². The van der Waals surface area contributed by atoms with Gasteiger partial charge in [-0.05, 0) is 42.5 Å². The molecule has 0 aliphatic carbocycles. The fraction of sp³-hybridized carbons (Fsp3) is 0.130. The molecule has 0 amide bonds. The highest BCUT2D eigenvalue weighted by Crippen LogP contribution is 2.31. The molecule has 0 saturated heterocycles. The Labute approximate surface area is 172 Å². The number of aryl methyl sites for hydroxylation is 1. The number of hydrogen-bond donors (Lipinski definition) is 1. The average Bonchev–Trinajstić information content (AvgIpc) is 3.22. The van der Waals surface area contributed by atoms with Crippen LogP contribution in [0.5, 0.6) is 5.75 Å². The molecule has 30 heavy (non-hydrogen) atoms. The first-order valence-corrected chi connectivity index (χ1v) is 9.66. The molecular formula is C23H19N5O2. The molecule has 0 aliphatic rings. The van der Waals surface area contributed by atoms with Gasteiger partial charge in [0, 0.05) is 41.5 Å². The highest BCUT2D eigenvalue weighted by molar-refractivity contribution is 5.93. The monoisotopic (exact) mass is 397 g/mol. The summed E-state index contributed by atoms with van der Waals surface area (Å²) in [6, 6.07) is 15.4. The lowest BCUT2D eigenvalue weighted by atomic mass is 10.2. The minimum Gasteiger partial charge on any atom is -0.497 e. The lowest BCUT2D eigenvalue weighted by Crippen LogP contribution is -2.00. The fourth-order valence-corrected chi connectivity index (χ4v) is 3.29. The summed E-state index contributed by atoms with van der Waals surface area (Å²) >= 11 is 0. The van der Waals surface area contributed by atoms with Gasteiger partial charge in [-0.3, -0.25) is 4.98 Å². The van der Waals surface area contributed by atoms with E-state index >= 15 is 0 Å². The molecule has 0 bridgehead atoms. The maximum Gasteiger partial charge on any atom is 0.195 e. The van der Waals surface area contributed by atoms with Crippen LogP contribution in [0.4, 0.5) is 11.5 Å². The van der Waals surface area contributed by atoms with Crippen LogP contribution in [0.15, 0.2) is 65.3 Å². The van der Waals surface area contributed by atoms with Crippen molar-refractivity contribution in [2.45, 2.75) is 13.3 Å². The molecule has 148 valence electrons. The van der Waals surface area contributed by atoms with Crippen molar-refractivity contribution in [1.29, 1.82) is 0 Å². The maximum atomic E-state index is 5.80. The largest absolute Gasteiger partial charge is 0.497 e. The lowest BCUT2D eigenvalue weighted by molar-refractivity contribution is 0.415. The average molecular weight is 397 g/mol. The minimum absolute atomic E-state index is 0.595. The van der Waals surface area contributed by atoms with E-state index in [1.165, 1.54) is 0 Å². The summed E-state index contributed by atoms with van der Waals surface area (Å²) in [5.41, 5.74) is 4.07. The van der Waals surface area contributed by atoms with Gasteiger partial charge >= 0.3 is 0 Å². The van der Waals surface area contributed by atoms with Crippen molar-refractivity contribution in [2.75, 3.05) is 12.4 Å². The van der Waals surface area contributed by atoms with Gasteiger partial charge in [0.25, 0.3) is 0 Å². The van der Waals surface area contributed by atoms with Gasteiger partial charge < -0.3 is 14.5 Å². The van der Waals surface area contributed by atoms with Crippen molar-refractivity contribution in [3.05, 3.63) is 66.8 Å². The Morgan fingerprint density at radius 3 is 2.70 bits per heavy atom. The van der Waals surface area contributed by atoms with Crippen molar-refractivity contribution >= 4 is 33.5 Å². The van der Waals surface area contributed by atoms with Crippen LogP contribution < -0.4 is 10.1 Å². The van der Waals surface area contributed by atoms with Crippen LogP contribution in [0.2, 0.25) is 0 Å². The van der Waals surface area contributed by atoms with Crippen LogP contribution in [0.3, 0.4) is 0 Å². The van der Waals surface area contributed by atoms with Crippen molar-refractivity contribution in [3.63, 3.8) is 0 Å². The lowest BCUT2D eigenvalue weighted by Gasteiger charge is -2.12. The van der Waals surface area contributed by atoms with Crippen LogP contribution >= 0.6 is 0 Å². The number of hydrogen-bond acceptors (Lipinski definition) is 7. The van der Waals surface area contributed by atoms with E-state index in [9.17, 15) is 0 Å². The maximum absolute atomic E-state index is 5.80. The van der Waals surface area contributed by atoms with Gasteiger partial charge in [0.15, 0.2) is 17.3 Å². The number of nitrogens with one attached hydrogen (secondary N) is 1. The smallest absolute Gasteiger partial charge is 0.195 e. The zero-order chi connectivity index (χ0) is 20.5. The third kappa shape index (κ3) is 3.30. The molecule has 0 saturated carbocycles. The summed E-state index contributed by atoms with van der Waals surface area (Å²) in [6.07, 6.45) is 4.23. The zero-order valence-corrected chi connectivity index (χ0v) is 16.6. The molecule has 2 aromatic carbocycles. The molecule has 3 aromatic heterocycles. The van der Waals surface area contributed by atoms with Crippen molar-refractivity contribution < 1.29 is 9.15 Å². The molecule has 3 heterocycles. The van der Waals surface area contributed by atoms with Crippen LogP contribution in [0, 0.1) is 0 Å². The molecule has 0 aliphatic heterocycles. The van der Waals surface area contributed by atoms with Gasteiger partial charge in [-0.2, -0.15) is 0 Å². The normalized spacial score (nSPS) is 11.1. The molecular weight excluding hydrogens is 378 g/mol. The van der Waals surface area contributed by atoms with E-state index in [1.54, 1.807) is 19.5 Å². The topological polar surface area (TPSA) is 86.0 Å². The number of methoxy groups -OCH3 is 1. The molecule has 0 unspecified atom stereocenters. The molecule has 0 radical (unpaired) electrons. The molecule has 0 atom stereocenters. The summed E-state index contributed by atoms with van der Waals surface area (Å²) in [5, 5.41) is 4.27. The molecule has 0 spiro atoms. The first-order valence-electron chi connectivity index (χ1n) is 9.66. The van der Waals surface area contributed by atoms with Gasteiger partial charge in [0.05, 0.1) is 12.6 Å². The summed E-state index contributed by atoms with van der Waals surface area (Å²) in [5.74, 6) is 2.73. The van der Waals surface area contributed by atoms with Gasteiger partial charge in [0.1, 0.15) is 17.1 Å². The van der Waals surface area contributed by atoms with E-state index in [0.29, 0.717) is 11.6 Å². The number of anilines is 2. The second kappa shape index (κ2) is 7.44. The molecule has 7 heteroatoms. The number of rotatable bonds is 5. The Morgan fingerprint density at radius 1 is 1.00 bits per heavy atom. The van der Waals surface area contributed by atoms with Crippen molar-refractivity contribution in [2.24, 2.45) is 0 Å². The number of pyridine rings is 1. The number of oxazole rings is 1. The first kappa shape index (κ1) is 18.1. The zero-order valence-electron chi connectivity index (χ0n) is 16.6. The molecule has 1 N–H and O–H groups in total. The van der Waals surface area contributed by atoms with E-state index in [0.717, 1.165) is 51.3 Å². The number of ether oxygens (including phenoxy) is 1. The Bertz CT molecular complexity index is 1350. The summed E-state index contributed by atoms with van der Waals surface area (Å²) in [7, 11) is 1.64. The molecule has 7 nitrogen and oxygen atoms in total. The number of benzene rings is 2. The standard InChI is InChI=1S/C23H19N5O2/c1-3-21-26-19-8-6-15(11-20(19)30-21)25-23-17-12-16(29-2)7-9-18(17)27-22(28-23)14-5-4-10-24-13-14/h4-13H,3H2,1-2H3,(H,25,27,28). The van der Waals surface area contributed by atoms with Gasteiger partial charge in [-0.15, -0.1) is 0 Å².